The van der Waals surface area contributed by atoms with Gasteiger partial charge >= 0.3 is 5.97 Å². The lowest BCUT2D eigenvalue weighted by molar-refractivity contribution is -0.157. The Labute approximate surface area is 80.8 Å². The predicted octanol–water partition coefficient (Wildman–Crippen LogP) is 1.72. The third kappa shape index (κ3) is 4.27. The van der Waals surface area contributed by atoms with Crippen molar-refractivity contribution in [1.29, 1.82) is 0 Å². The summed E-state index contributed by atoms with van der Waals surface area (Å²) in [6, 6.07) is -0.0655. The van der Waals surface area contributed by atoms with Crippen molar-refractivity contribution in [3.63, 3.8) is 0 Å². The molecule has 3 heteroatoms. The monoisotopic (exact) mass is 187 g/mol. The Morgan fingerprint density at radius 2 is 2.08 bits per heavy atom. The first-order valence-electron chi connectivity index (χ1n) is 4.45. The standard InChI is InChI=1S/C9H17NO2.CH4/c1-9(2,3)12-8(11)7-5-4-6-10-7;/h7,10H,4-6H2,1-3H3;1H4/t7-;/m1./s1. The Bertz CT molecular complexity index is 166. The number of esters is 1. The summed E-state index contributed by atoms with van der Waals surface area (Å²) in [5, 5.41) is 3.10. The van der Waals surface area contributed by atoms with Crippen molar-refractivity contribution in [2.75, 3.05) is 6.54 Å². The van der Waals surface area contributed by atoms with E-state index in [9.17, 15) is 4.79 Å². The molecule has 0 aromatic rings. The van der Waals surface area contributed by atoms with Crippen LogP contribution < -0.4 is 5.32 Å². The molecule has 0 saturated carbocycles. The Balaban J connectivity index is 0.00000144. The SMILES string of the molecule is C.CC(C)(C)OC(=O)[C@H]1CCCN1. The summed E-state index contributed by atoms with van der Waals surface area (Å²) in [4.78, 5) is 11.4. The minimum absolute atomic E-state index is 0. The molecule has 1 fully saturated rings. The fourth-order valence-electron chi connectivity index (χ4n) is 1.26. The molecule has 1 aliphatic rings. The highest BCUT2D eigenvalue weighted by Gasteiger charge is 2.26. The molecule has 0 bridgehead atoms. The lowest BCUT2D eigenvalue weighted by Crippen LogP contribution is -2.37. The number of nitrogens with one attached hydrogen (secondary N) is 1. The highest BCUT2D eigenvalue weighted by Crippen LogP contribution is 2.12. The average molecular weight is 187 g/mol. The minimum Gasteiger partial charge on any atom is -0.459 e. The summed E-state index contributed by atoms with van der Waals surface area (Å²) in [6.45, 7) is 6.60. The Kier molecular flexibility index (Phi) is 4.40. The maximum Gasteiger partial charge on any atom is 0.323 e. The molecule has 1 saturated heterocycles. The molecule has 0 unspecified atom stereocenters. The van der Waals surface area contributed by atoms with E-state index in [1.54, 1.807) is 0 Å². The van der Waals surface area contributed by atoms with Crippen molar-refractivity contribution in [2.24, 2.45) is 0 Å². The fraction of sp³-hybridized carbons (Fsp3) is 0.900. The van der Waals surface area contributed by atoms with Crippen LogP contribution >= 0.6 is 0 Å². The van der Waals surface area contributed by atoms with Gasteiger partial charge in [-0.25, -0.2) is 0 Å². The first-order chi connectivity index (χ1) is 5.49. The minimum atomic E-state index is -0.360. The highest BCUT2D eigenvalue weighted by molar-refractivity contribution is 5.76. The van der Waals surface area contributed by atoms with Crippen molar-refractivity contribution >= 4 is 5.97 Å². The summed E-state index contributed by atoms with van der Waals surface area (Å²) >= 11 is 0. The summed E-state index contributed by atoms with van der Waals surface area (Å²) in [7, 11) is 0. The molecule has 0 aromatic carbocycles. The number of hydrogen-bond donors (Lipinski definition) is 1. The van der Waals surface area contributed by atoms with Gasteiger partial charge in [-0.05, 0) is 40.2 Å². The number of rotatable bonds is 1. The van der Waals surface area contributed by atoms with Crippen LogP contribution in [0.1, 0.15) is 41.0 Å². The van der Waals surface area contributed by atoms with Gasteiger partial charge in [0.25, 0.3) is 0 Å². The van der Waals surface area contributed by atoms with E-state index in [-0.39, 0.29) is 25.0 Å². The maximum absolute atomic E-state index is 11.4. The van der Waals surface area contributed by atoms with E-state index in [4.69, 9.17) is 4.74 Å². The second-order valence-electron chi connectivity index (χ2n) is 4.18. The van der Waals surface area contributed by atoms with Crippen molar-refractivity contribution in [2.45, 2.75) is 52.7 Å². The van der Waals surface area contributed by atoms with Gasteiger partial charge < -0.3 is 10.1 Å². The van der Waals surface area contributed by atoms with Crippen LogP contribution in [0.25, 0.3) is 0 Å². The van der Waals surface area contributed by atoms with E-state index in [1.807, 2.05) is 20.8 Å². The molecule has 1 aliphatic heterocycles. The zero-order valence-electron chi connectivity index (χ0n) is 8.02. The van der Waals surface area contributed by atoms with E-state index < -0.39 is 0 Å². The molecule has 1 rings (SSSR count). The third-order valence-corrected chi connectivity index (χ3v) is 1.75. The largest absolute Gasteiger partial charge is 0.459 e. The van der Waals surface area contributed by atoms with E-state index >= 15 is 0 Å². The van der Waals surface area contributed by atoms with E-state index in [2.05, 4.69) is 5.32 Å². The predicted molar refractivity (Wildman–Crippen MR) is 53.6 cm³/mol. The first-order valence-corrected chi connectivity index (χ1v) is 4.45. The first kappa shape index (κ1) is 12.4. The summed E-state index contributed by atoms with van der Waals surface area (Å²) in [5.74, 6) is -0.111. The van der Waals surface area contributed by atoms with Crippen LogP contribution in [0.4, 0.5) is 0 Å². The normalized spacial score (nSPS) is 22.2. The average Bonchev–Trinajstić information content (AvgIpc) is 2.32. The second-order valence-corrected chi connectivity index (χ2v) is 4.18. The smallest absolute Gasteiger partial charge is 0.323 e. The van der Waals surface area contributed by atoms with Gasteiger partial charge in [0, 0.05) is 0 Å². The topological polar surface area (TPSA) is 38.3 Å². The van der Waals surface area contributed by atoms with Crippen LogP contribution in [0.3, 0.4) is 0 Å². The summed E-state index contributed by atoms with van der Waals surface area (Å²) in [6.07, 6.45) is 1.98. The molecular weight excluding hydrogens is 166 g/mol. The molecule has 3 nitrogen and oxygen atoms in total. The van der Waals surface area contributed by atoms with E-state index in [0.717, 1.165) is 19.4 Å². The third-order valence-electron chi connectivity index (χ3n) is 1.75. The highest BCUT2D eigenvalue weighted by atomic mass is 16.6. The molecule has 1 atom stereocenters. The zero-order valence-corrected chi connectivity index (χ0v) is 8.02. The molecule has 0 radical (unpaired) electrons. The van der Waals surface area contributed by atoms with Crippen molar-refractivity contribution in [3.05, 3.63) is 0 Å². The number of hydrogen-bond acceptors (Lipinski definition) is 3. The Morgan fingerprint density at radius 3 is 2.46 bits per heavy atom. The van der Waals surface area contributed by atoms with Gasteiger partial charge in [0.05, 0.1) is 0 Å². The van der Waals surface area contributed by atoms with Crippen LogP contribution in [0.5, 0.6) is 0 Å². The molecular formula is C10H21NO2. The van der Waals surface area contributed by atoms with E-state index in [1.165, 1.54) is 0 Å². The van der Waals surface area contributed by atoms with Gasteiger partial charge in [0.15, 0.2) is 0 Å². The van der Waals surface area contributed by atoms with Crippen molar-refractivity contribution in [3.8, 4) is 0 Å². The van der Waals surface area contributed by atoms with Gasteiger partial charge in [-0.15, -0.1) is 0 Å². The van der Waals surface area contributed by atoms with Gasteiger partial charge in [-0.2, -0.15) is 0 Å². The lowest BCUT2D eigenvalue weighted by atomic mass is 10.2. The zero-order chi connectivity index (χ0) is 9.19. The summed E-state index contributed by atoms with van der Waals surface area (Å²) < 4.78 is 5.22. The molecule has 1 heterocycles. The van der Waals surface area contributed by atoms with Crippen LogP contribution in [0.2, 0.25) is 0 Å². The summed E-state index contributed by atoms with van der Waals surface area (Å²) in [5.41, 5.74) is -0.360. The molecule has 0 aliphatic carbocycles. The number of carbonyl (C=O) groups is 1. The van der Waals surface area contributed by atoms with Crippen LogP contribution in [-0.2, 0) is 9.53 Å². The molecule has 0 amide bonds. The molecule has 78 valence electrons. The molecule has 0 spiro atoms. The van der Waals surface area contributed by atoms with Gasteiger partial charge in [-0.3, -0.25) is 4.79 Å². The molecule has 13 heavy (non-hydrogen) atoms. The number of ether oxygens (including phenoxy) is 1. The van der Waals surface area contributed by atoms with Crippen LogP contribution in [-0.4, -0.2) is 24.2 Å². The Morgan fingerprint density at radius 1 is 1.46 bits per heavy atom. The van der Waals surface area contributed by atoms with Gasteiger partial charge in [0.2, 0.25) is 0 Å². The van der Waals surface area contributed by atoms with Crippen LogP contribution in [0, 0.1) is 0 Å². The van der Waals surface area contributed by atoms with Crippen molar-refractivity contribution < 1.29 is 9.53 Å². The van der Waals surface area contributed by atoms with Crippen LogP contribution in [0.15, 0.2) is 0 Å². The van der Waals surface area contributed by atoms with Crippen molar-refractivity contribution in [1.82, 2.24) is 5.32 Å². The van der Waals surface area contributed by atoms with Gasteiger partial charge in [0.1, 0.15) is 11.6 Å². The quantitative estimate of drug-likeness (QED) is 0.635. The number of carbonyl (C=O) groups excluding carboxylic acids is 1. The molecule has 0 aromatic heterocycles. The lowest BCUT2D eigenvalue weighted by Gasteiger charge is -2.21. The maximum atomic E-state index is 11.4. The second kappa shape index (κ2) is 4.61. The fourth-order valence-corrected chi connectivity index (χ4v) is 1.26. The Hall–Kier alpha value is -0.570. The molecule has 1 N–H and O–H groups in total. The van der Waals surface area contributed by atoms with E-state index in [0.29, 0.717) is 0 Å². The van der Waals surface area contributed by atoms with Gasteiger partial charge in [-0.1, -0.05) is 7.43 Å².